The number of carbonyl (C=O) groups excluding carboxylic acids is 1. The molecule has 5 heteroatoms. The van der Waals surface area contributed by atoms with Crippen LogP contribution in [0.5, 0.6) is 0 Å². The minimum atomic E-state index is -0.494. The van der Waals surface area contributed by atoms with Crippen LogP contribution in [0.2, 0.25) is 0 Å². The lowest BCUT2D eigenvalue weighted by Crippen LogP contribution is -2.29. The molecular formula is C11H14FN3O. The minimum absolute atomic E-state index is 0.182. The third-order valence-corrected chi connectivity index (χ3v) is 2.74. The molecule has 1 aliphatic carbocycles. The van der Waals surface area contributed by atoms with Crippen LogP contribution in [0.25, 0.3) is 0 Å². The molecule has 2 rings (SSSR count). The largest absolute Gasteiger partial charge is 0.372 e. The van der Waals surface area contributed by atoms with Crippen LogP contribution in [-0.2, 0) is 0 Å². The predicted molar refractivity (Wildman–Crippen MR) is 58.9 cm³/mol. The third kappa shape index (κ3) is 1.98. The van der Waals surface area contributed by atoms with Gasteiger partial charge in [-0.2, -0.15) is 0 Å². The van der Waals surface area contributed by atoms with E-state index in [0.29, 0.717) is 11.9 Å². The molecule has 0 unspecified atom stereocenters. The summed E-state index contributed by atoms with van der Waals surface area (Å²) < 4.78 is 13.1. The van der Waals surface area contributed by atoms with Gasteiger partial charge in [-0.1, -0.05) is 0 Å². The van der Waals surface area contributed by atoms with Crippen LogP contribution in [0.1, 0.15) is 23.2 Å². The van der Waals surface area contributed by atoms with Gasteiger partial charge in [-0.25, -0.2) is 9.37 Å². The Morgan fingerprint density at radius 2 is 2.31 bits per heavy atom. The molecule has 1 N–H and O–H groups in total. The molecule has 1 aromatic heterocycles. The molecule has 0 saturated heterocycles. The van der Waals surface area contributed by atoms with E-state index in [1.54, 1.807) is 19.0 Å². The molecule has 1 fully saturated rings. The molecule has 0 spiro atoms. The van der Waals surface area contributed by atoms with Gasteiger partial charge in [0.2, 0.25) is 0 Å². The maximum absolute atomic E-state index is 13.1. The van der Waals surface area contributed by atoms with E-state index in [9.17, 15) is 9.18 Å². The third-order valence-electron chi connectivity index (χ3n) is 2.74. The van der Waals surface area contributed by atoms with Crippen molar-refractivity contribution in [1.82, 2.24) is 9.88 Å². The highest BCUT2D eigenvalue weighted by Crippen LogP contribution is 2.27. The molecule has 1 aromatic rings. The van der Waals surface area contributed by atoms with Crippen LogP contribution < -0.4 is 5.32 Å². The van der Waals surface area contributed by atoms with Crippen molar-refractivity contribution in [3.8, 4) is 0 Å². The number of nitrogens with zero attached hydrogens (tertiary/aromatic N) is 2. The molecular weight excluding hydrogens is 209 g/mol. The van der Waals surface area contributed by atoms with E-state index in [-0.39, 0.29) is 11.5 Å². The fourth-order valence-corrected chi connectivity index (χ4v) is 1.62. The van der Waals surface area contributed by atoms with Crippen molar-refractivity contribution in [3.05, 3.63) is 23.6 Å². The highest BCUT2D eigenvalue weighted by atomic mass is 19.1. The highest BCUT2D eigenvalue weighted by molar-refractivity contribution is 5.98. The Hall–Kier alpha value is -1.65. The van der Waals surface area contributed by atoms with Crippen molar-refractivity contribution >= 4 is 11.7 Å². The van der Waals surface area contributed by atoms with E-state index in [4.69, 9.17) is 0 Å². The smallest absolute Gasteiger partial charge is 0.257 e. The molecule has 1 saturated carbocycles. The number of anilines is 1. The van der Waals surface area contributed by atoms with Gasteiger partial charge in [-0.05, 0) is 18.9 Å². The fourth-order valence-electron chi connectivity index (χ4n) is 1.62. The Balaban J connectivity index is 2.30. The van der Waals surface area contributed by atoms with Gasteiger partial charge in [0.05, 0.1) is 11.8 Å². The van der Waals surface area contributed by atoms with Crippen LogP contribution in [0, 0.1) is 5.82 Å². The van der Waals surface area contributed by atoms with Crippen LogP contribution in [0.15, 0.2) is 12.3 Å². The second-order valence-corrected chi connectivity index (χ2v) is 3.95. The summed E-state index contributed by atoms with van der Waals surface area (Å²) in [6, 6.07) is 1.53. The zero-order chi connectivity index (χ0) is 11.7. The average molecular weight is 223 g/mol. The Labute approximate surface area is 93.5 Å². The van der Waals surface area contributed by atoms with Crippen molar-refractivity contribution < 1.29 is 9.18 Å². The molecule has 1 amide bonds. The molecule has 4 nitrogen and oxygen atoms in total. The molecule has 0 bridgehead atoms. The summed E-state index contributed by atoms with van der Waals surface area (Å²) in [6.45, 7) is 0. The first-order valence-corrected chi connectivity index (χ1v) is 5.24. The van der Waals surface area contributed by atoms with Gasteiger partial charge in [-0.3, -0.25) is 4.79 Å². The van der Waals surface area contributed by atoms with Crippen LogP contribution >= 0.6 is 0 Å². The van der Waals surface area contributed by atoms with E-state index in [2.05, 4.69) is 10.3 Å². The van der Waals surface area contributed by atoms with Crippen LogP contribution in [-0.4, -0.2) is 35.9 Å². The first-order valence-electron chi connectivity index (χ1n) is 5.24. The molecule has 0 aromatic carbocycles. The second-order valence-electron chi connectivity index (χ2n) is 3.95. The molecule has 0 aliphatic heterocycles. The summed E-state index contributed by atoms with van der Waals surface area (Å²) in [6.07, 6.45) is 3.15. The zero-order valence-electron chi connectivity index (χ0n) is 9.33. The lowest BCUT2D eigenvalue weighted by Gasteiger charge is -2.17. The van der Waals surface area contributed by atoms with Crippen molar-refractivity contribution in [2.45, 2.75) is 18.9 Å². The highest BCUT2D eigenvalue weighted by Gasteiger charge is 2.31. The number of pyridine rings is 1. The number of rotatable bonds is 3. The summed E-state index contributed by atoms with van der Waals surface area (Å²) in [7, 11) is 3.40. The number of aromatic nitrogens is 1. The van der Waals surface area contributed by atoms with E-state index in [0.717, 1.165) is 19.0 Å². The first-order chi connectivity index (χ1) is 7.63. The maximum Gasteiger partial charge on any atom is 0.257 e. The lowest BCUT2D eigenvalue weighted by molar-refractivity contribution is 0.0785. The van der Waals surface area contributed by atoms with Gasteiger partial charge in [0.15, 0.2) is 0 Å². The molecule has 1 heterocycles. The Bertz CT molecular complexity index is 418. The number of halogens is 1. The average Bonchev–Trinajstić information content (AvgIpc) is 3.11. The number of carbonyl (C=O) groups is 1. The van der Waals surface area contributed by atoms with Crippen LogP contribution in [0.3, 0.4) is 0 Å². The standard InChI is InChI=1S/C11H14FN3O/c1-13-10-9(5-7(12)6-14-10)11(16)15(2)8-3-4-8/h5-6,8H,3-4H2,1-2H3,(H,13,14). The van der Waals surface area contributed by atoms with Gasteiger partial charge in [0.25, 0.3) is 5.91 Å². The Morgan fingerprint density at radius 3 is 2.88 bits per heavy atom. The SMILES string of the molecule is CNc1ncc(F)cc1C(=O)N(C)C1CC1. The molecule has 0 atom stereocenters. The number of nitrogens with one attached hydrogen (secondary N) is 1. The Morgan fingerprint density at radius 1 is 1.62 bits per heavy atom. The number of amides is 1. The van der Waals surface area contributed by atoms with Gasteiger partial charge in [0, 0.05) is 20.1 Å². The summed E-state index contributed by atoms with van der Waals surface area (Å²) in [5.74, 6) is -0.260. The topological polar surface area (TPSA) is 45.2 Å². The summed E-state index contributed by atoms with van der Waals surface area (Å²) in [5.41, 5.74) is 0.289. The normalized spacial score (nSPS) is 14.7. The van der Waals surface area contributed by atoms with Crippen LogP contribution in [0.4, 0.5) is 10.2 Å². The lowest BCUT2D eigenvalue weighted by atomic mass is 10.2. The predicted octanol–water partition coefficient (Wildman–Crippen LogP) is 1.50. The van der Waals surface area contributed by atoms with Crippen molar-refractivity contribution in [2.24, 2.45) is 0 Å². The maximum atomic E-state index is 13.1. The van der Waals surface area contributed by atoms with E-state index < -0.39 is 5.82 Å². The molecule has 0 radical (unpaired) electrons. The summed E-state index contributed by atoms with van der Waals surface area (Å²) in [4.78, 5) is 17.5. The molecule has 86 valence electrons. The van der Waals surface area contributed by atoms with Crippen molar-refractivity contribution in [3.63, 3.8) is 0 Å². The van der Waals surface area contributed by atoms with Gasteiger partial charge in [-0.15, -0.1) is 0 Å². The Kier molecular flexibility index (Phi) is 2.77. The van der Waals surface area contributed by atoms with E-state index in [1.165, 1.54) is 6.07 Å². The summed E-state index contributed by atoms with van der Waals surface area (Å²) >= 11 is 0. The zero-order valence-corrected chi connectivity index (χ0v) is 9.33. The monoisotopic (exact) mass is 223 g/mol. The quantitative estimate of drug-likeness (QED) is 0.844. The fraction of sp³-hybridized carbons (Fsp3) is 0.455. The van der Waals surface area contributed by atoms with Gasteiger partial charge < -0.3 is 10.2 Å². The van der Waals surface area contributed by atoms with Gasteiger partial charge in [0.1, 0.15) is 11.6 Å². The van der Waals surface area contributed by atoms with Gasteiger partial charge >= 0.3 is 0 Å². The summed E-state index contributed by atoms with van der Waals surface area (Å²) in [5, 5.41) is 2.79. The minimum Gasteiger partial charge on any atom is -0.372 e. The second kappa shape index (κ2) is 4.08. The number of hydrogen-bond donors (Lipinski definition) is 1. The van der Waals surface area contributed by atoms with Crippen molar-refractivity contribution in [2.75, 3.05) is 19.4 Å². The molecule has 1 aliphatic rings. The van der Waals surface area contributed by atoms with E-state index >= 15 is 0 Å². The number of hydrogen-bond acceptors (Lipinski definition) is 3. The van der Waals surface area contributed by atoms with Crippen molar-refractivity contribution in [1.29, 1.82) is 0 Å². The molecule has 16 heavy (non-hydrogen) atoms. The first kappa shape index (κ1) is 10.9. The van der Waals surface area contributed by atoms with E-state index in [1.807, 2.05) is 0 Å².